The van der Waals surface area contributed by atoms with Crippen molar-refractivity contribution in [2.45, 2.75) is 25.1 Å². The molecular formula is C16H18F3N5O. The molecule has 1 unspecified atom stereocenters. The minimum absolute atomic E-state index is 0.0346. The van der Waals surface area contributed by atoms with E-state index in [0.29, 0.717) is 0 Å². The van der Waals surface area contributed by atoms with Gasteiger partial charge in [-0.15, -0.1) is 0 Å². The lowest BCUT2D eigenvalue weighted by Gasteiger charge is -2.12. The maximum atomic E-state index is 12.9. The average Bonchev–Trinajstić information content (AvgIpc) is 3.24. The topological polar surface area (TPSA) is 95.8 Å². The van der Waals surface area contributed by atoms with Crippen LogP contribution in [0, 0.1) is 0 Å². The molecule has 3 rings (SSSR count). The van der Waals surface area contributed by atoms with E-state index in [4.69, 9.17) is 5.73 Å². The van der Waals surface area contributed by atoms with Gasteiger partial charge in [0, 0.05) is 30.4 Å². The summed E-state index contributed by atoms with van der Waals surface area (Å²) < 4.78 is 38.8. The lowest BCUT2D eigenvalue weighted by Crippen LogP contribution is -2.15. The molecule has 134 valence electrons. The van der Waals surface area contributed by atoms with Crippen LogP contribution in [0.4, 0.5) is 18.9 Å². The molecular weight excluding hydrogens is 335 g/mol. The van der Waals surface area contributed by atoms with E-state index < -0.39 is 17.6 Å². The maximum Gasteiger partial charge on any atom is 0.416 e. The molecule has 2 heterocycles. The van der Waals surface area contributed by atoms with Crippen molar-refractivity contribution in [3.8, 4) is 0 Å². The van der Waals surface area contributed by atoms with Gasteiger partial charge in [-0.3, -0.25) is 9.89 Å². The number of aromatic amines is 1. The third kappa shape index (κ3) is 3.99. The van der Waals surface area contributed by atoms with Crippen LogP contribution in [0.1, 0.15) is 39.6 Å². The van der Waals surface area contributed by atoms with E-state index in [0.717, 1.165) is 37.3 Å². The van der Waals surface area contributed by atoms with E-state index in [9.17, 15) is 18.0 Å². The van der Waals surface area contributed by atoms with Crippen molar-refractivity contribution in [1.29, 1.82) is 0 Å². The van der Waals surface area contributed by atoms with E-state index in [-0.39, 0.29) is 29.4 Å². The highest BCUT2D eigenvalue weighted by Crippen LogP contribution is 2.32. The normalized spacial score (nSPS) is 17.7. The number of nitrogens with one attached hydrogen (secondary N) is 3. The molecule has 1 amide bonds. The summed E-state index contributed by atoms with van der Waals surface area (Å²) in [5.41, 5.74) is 5.87. The van der Waals surface area contributed by atoms with Crippen molar-refractivity contribution in [2.24, 2.45) is 5.73 Å². The van der Waals surface area contributed by atoms with Crippen LogP contribution in [0.25, 0.3) is 0 Å². The van der Waals surface area contributed by atoms with Crippen molar-refractivity contribution in [2.75, 3.05) is 18.4 Å². The van der Waals surface area contributed by atoms with Crippen LogP contribution >= 0.6 is 0 Å². The molecule has 1 aliphatic heterocycles. The number of nitrogens with two attached hydrogens (primary N) is 1. The minimum Gasteiger partial charge on any atom is -0.326 e. The smallest absolute Gasteiger partial charge is 0.326 e. The first-order chi connectivity index (χ1) is 11.9. The van der Waals surface area contributed by atoms with Gasteiger partial charge in [-0.2, -0.15) is 18.3 Å². The fraction of sp³-hybridized carbons (Fsp3) is 0.375. The fourth-order valence-electron chi connectivity index (χ4n) is 2.82. The highest BCUT2D eigenvalue weighted by atomic mass is 19.4. The van der Waals surface area contributed by atoms with E-state index in [1.807, 2.05) is 0 Å². The number of carbonyl (C=O) groups excluding carboxylic acids is 1. The summed E-state index contributed by atoms with van der Waals surface area (Å²) >= 11 is 0. The molecule has 6 nitrogen and oxygen atoms in total. The molecule has 1 aliphatic rings. The SMILES string of the molecule is NCc1cc(NC(=O)c2cc(C3CCNC3)[nH]n2)cc(C(F)(F)F)c1. The lowest BCUT2D eigenvalue weighted by molar-refractivity contribution is -0.137. The largest absolute Gasteiger partial charge is 0.416 e. The maximum absolute atomic E-state index is 12.9. The third-order valence-corrected chi connectivity index (χ3v) is 4.14. The lowest BCUT2D eigenvalue weighted by atomic mass is 10.0. The van der Waals surface area contributed by atoms with E-state index in [1.54, 1.807) is 6.07 Å². The molecule has 2 aromatic rings. The number of H-pyrrole nitrogens is 1. The predicted octanol–water partition coefficient (Wildman–Crippen LogP) is 2.22. The number of hydrogen-bond acceptors (Lipinski definition) is 4. The summed E-state index contributed by atoms with van der Waals surface area (Å²) in [5.74, 6) is -0.317. The van der Waals surface area contributed by atoms with Gasteiger partial charge in [0.15, 0.2) is 5.69 Å². The molecule has 0 spiro atoms. The standard InChI is InChI=1S/C16H18F3N5O/c17-16(18,19)11-3-9(7-20)4-12(5-11)22-15(25)14-6-13(23-24-14)10-1-2-21-8-10/h3-6,10,21H,1-2,7-8,20H2,(H,22,25)(H,23,24). The molecule has 1 aromatic heterocycles. The van der Waals surface area contributed by atoms with E-state index in [1.165, 1.54) is 6.07 Å². The van der Waals surface area contributed by atoms with Gasteiger partial charge in [-0.1, -0.05) is 0 Å². The van der Waals surface area contributed by atoms with Crippen LogP contribution in [0.3, 0.4) is 0 Å². The number of carbonyl (C=O) groups is 1. The van der Waals surface area contributed by atoms with Gasteiger partial charge in [0.05, 0.1) is 5.56 Å². The molecule has 1 aromatic carbocycles. The Morgan fingerprint density at radius 3 is 2.76 bits per heavy atom. The summed E-state index contributed by atoms with van der Waals surface area (Å²) in [7, 11) is 0. The van der Waals surface area contributed by atoms with Crippen molar-refractivity contribution in [3.05, 3.63) is 46.8 Å². The number of halogens is 3. The van der Waals surface area contributed by atoms with E-state index in [2.05, 4.69) is 20.8 Å². The zero-order chi connectivity index (χ0) is 18.0. The first kappa shape index (κ1) is 17.4. The van der Waals surface area contributed by atoms with Crippen LogP contribution in [0.15, 0.2) is 24.3 Å². The van der Waals surface area contributed by atoms with Crippen LogP contribution in [-0.2, 0) is 12.7 Å². The average molecular weight is 353 g/mol. The van der Waals surface area contributed by atoms with Crippen LogP contribution in [0.5, 0.6) is 0 Å². The van der Waals surface area contributed by atoms with Crippen LogP contribution < -0.4 is 16.4 Å². The Morgan fingerprint density at radius 2 is 2.12 bits per heavy atom. The summed E-state index contributed by atoms with van der Waals surface area (Å²) in [6, 6.07) is 4.90. The molecule has 0 aliphatic carbocycles. The summed E-state index contributed by atoms with van der Waals surface area (Å²) in [6.07, 6.45) is -3.57. The number of benzene rings is 1. The first-order valence-electron chi connectivity index (χ1n) is 7.85. The quantitative estimate of drug-likeness (QED) is 0.678. The third-order valence-electron chi connectivity index (χ3n) is 4.14. The Bertz CT molecular complexity index is 765. The second-order valence-electron chi connectivity index (χ2n) is 5.97. The van der Waals surface area contributed by atoms with Crippen molar-refractivity contribution in [1.82, 2.24) is 15.5 Å². The highest BCUT2D eigenvalue weighted by molar-refractivity contribution is 6.03. The number of alkyl halides is 3. The molecule has 9 heteroatoms. The number of anilines is 1. The van der Waals surface area contributed by atoms with E-state index >= 15 is 0 Å². The van der Waals surface area contributed by atoms with Crippen LogP contribution in [0.2, 0.25) is 0 Å². The Balaban J connectivity index is 1.78. The molecule has 1 saturated heterocycles. The van der Waals surface area contributed by atoms with Gasteiger partial charge in [0.25, 0.3) is 5.91 Å². The number of hydrogen-bond donors (Lipinski definition) is 4. The molecule has 0 radical (unpaired) electrons. The highest BCUT2D eigenvalue weighted by Gasteiger charge is 2.31. The van der Waals surface area contributed by atoms with Crippen molar-refractivity contribution >= 4 is 11.6 Å². The minimum atomic E-state index is -4.51. The number of rotatable bonds is 4. The van der Waals surface area contributed by atoms with Crippen molar-refractivity contribution in [3.63, 3.8) is 0 Å². The molecule has 0 saturated carbocycles. The Kier molecular flexibility index (Phi) is 4.78. The monoisotopic (exact) mass is 353 g/mol. The predicted molar refractivity (Wildman–Crippen MR) is 86.1 cm³/mol. The Morgan fingerprint density at radius 1 is 1.32 bits per heavy atom. The Labute approximate surface area is 142 Å². The molecule has 1 atom stereocenters. The van der Waals surface area contributed by atoms with Crippen molar-refractivity contribution < 1.29 is 18.0 Å². The van der Waals surface area contributed by atoms with Gasteiger partial charge >= 0.3 is 6.18 Å². The van der Waals surface area contributed by atoms with Gasteiger partial charge < -0.3 is 16.4 Å². The van der Waals surface area contributed by atoms with Crippen LogP contribution in [-0.4, -0.2) is 29.2 Å². The zero-order valence-corrected chi connectivity index (χ0v) is 13.3. The summed E-state index contributed by atoms with van der Waals surface area (Å²) in [6.45, 7) is 1.64. The first-order valence-corrected chi connectivity index (χ1v) is 7.85. The van der Waals surface area contributed by atoms with Gasteiger partial charge in [0.1, 0.15) is 0 Å². The fourth-order valence-corrected chi connectivity index (χ4v) is 2.82. The second kappa shape index (κ2) is 6.85. The number of aromatic nitrogens is 2. The number of nitrogens with zero attached hydrogens (tertiary/aromatic N) is 1. The molecule has 5 N–H and O–H groups in total. The van der Waals surface area contributed by atoms with Gasteiger partial charge in [0.2, 0.25) is 0 Å². The number of amides is 1. The second-order valence-corrected chi connectivity index (χ2v) is 5.97. The zero-order valence-electron chi connectivity index (χ0n) is 13.3. The summed E-state index contributed by atoms with van der Waals surface area (Å²) in [4.78, 5) is 12.3. The molecule has 0 bridgehead atoms. The summed E-state index contributed by atoms with van der Waals surface area (Å²) in [5, 5.41) is 12.5. The van der Waals surface area contributed by atoms with Gasteiger partial charge in [-0.05, 0) is 42.8 Å². The Hall–Kier alpha value is -2.39. The van der Waals surface area contributed by atoms with Gasteiger partial charge in [-0.25, -0.2) is 0 Å². The molecule has 1 fully saturated rings. The molecule has 25 heavy (non-hydrogen) atoms.